The van der Waals surface area contributed by atoms with E-state index in [1.807, 2.05) is 0 Å². The molecule has 3 rings (SSSR count). The quantitative estimate of drug-likeness (QED) is 0.482. The third-order valence-electron chi connectivity index (χ3n) is 5.63. The highest BCUT2D eigenvalue weighted by Gasteiger charge is 2.22. The molecule has 0 heteroatoms. The summed E-state index contributed by atoms with van der Waals surface area (Å²) < 4.78 is 0. The van der Waals surface area contributed by atoms with E-state index in [1.165, 1.54) is 38.9 Å². The molecule has 0 saturated heterocycles. The van der Waals surface area contributed by atoms with Crippen molar-refractivity contribution in [2.45, 2.75) is 52.9 Å². The minimum absolute atomic E-state index is 0.129. The molecule has 0 amide bonds. The van der Waals surface area contributed by atoms with Crippen LogP contribution in [0.2, 0.25) is 0 Å². The minimum Gasteiger partial charge on any atom is -0.0622 e. The van der Waals surface area contributed by atoms with E-state index in [0.29, 0.717) is 0 Å². The van der Waals surface area contributed by atoms with Crippen molar-refractivity contribution in [2.75, 3.05) is 0 Å². The van der Waals surface area contributed by atoms with E-state index in [1.54, 1.807) is 0 Å². The third kappa shape index (κ3) is 4.25. The molecule has 0 spiro atoms. The lowest BCUT2D eigenvalue weighted by Crippen LogP contribution is -2.21. The number of rotatable bonds is 5. The summed E-state index contributed by atoms with van der Waals surface area (Å²) in [4.78, 5) is 0. The molecular formula is C26H30. The molecule has 0 unspecified atom stereocenters. The Hall–Kier alpha value is -2.34. The highest BCUT2D eigenvalue weighted by atomic mass is 14.3. The Labute approximate surface area is 158 Å². The van der Waals surface area contributed by atoms with E-state index in [2.05, 4.69) is 101 Å². The van der Waals surface area contributed by atoms with Crippen LogP contribution in [0.1, 0.15) is 52.8 Å². The number of hydrogen-bond donors (Lipinski definition) is 0. The van der Waals surface area contributed by atoms with Gasteiger partial charge < -0.3 is 0 Å². The predicted molar refractivity (Wildman–Crippen MR) is 113 cm³/mol. The molecule has 3 aromatic carbocycles. The van der Waals surface area contributed by atoms with Gasteiger partial charge in [0.1, 0.15) is 0 Å². The molecule has 26 heavy (non-hydrogen) atoms. The van der Waals surface area contributed by atoms with Gasteiger partial charge in [0.2, 0.25) is 0 Å². The molecule has 3 aromatic rings. The molecule has 0 atom stereocenters. The van der Waals surface area contributed by atoms with Gasteiger partial charge in [-0.25, -0.2) is 0 Å². The summed E-state index contributed by atoms with van der Waals surface area (Å²) in [6.07, 6.45) is 2.06. The molecule has 0 aliphatic heterocycles. The second-order valence-corrected chi connectivity index (χ2v) is 8.27. The van der Waals surface area contributed by atoms with Gasteiger partial charge in [-0.1, -0.05) is 80.6 Å². The first kappa shape index (κ1) is 18.5. The van der Waals surface area contributed by atoms with Gasteiger partial charge in [0.25, 0.3) is 0 Å². The lowest BCUT2D eigenvalue weighted by molar-refractivity contribution is 0.521. The summed E-state index contributed by atoms with van der Waals surface area (Å²) in [6, 6.07) is 24.6. The highest BCUT2D eigenvalue weighted by molar-refractivity contribution is 5.41. The Balaban J connectivity index is 1.75. The highest BCUT2D eigenvalue weighted by Crippen LogP contribution is 2.30. The fourth-order valence-electron chi connectivity index (χ4n) is 3.65. The van der Waals surface area contributed by atoms with Crippen molar-refractivity contribution in [1.29, 1.82) is 0 Å². The van der Waals surface area contributed by atoms with Gasteiger partial charge in [0.15, 0.2) is 0 Å². The molecule has 0 fully saturated rings. The average molecular weight is 343 g/mol. The van der Waals surface area contributed by atoms with Crippen LogP contribution < -0.4 is 0 Å². The maximum Gasteiger partial charge on any atom is -0.00258 e. The first-order valence-corrected chi connectivity index (χ1v) is 9.55. The van der Waals surface area contributed by atoms with Crippen molar-refractivity contribution in [2.24, 2.45) is 0 Å². The normalized spacial score (nSPS) is 11.6. The molecule has 0 bridgehead atoms. The predicted octanol–water partition coefficient (Wildman–Crippen LogP) is 6.72. The fraction of sp³-hybridized carbons (Fsp3) is 0.308. The SMILES string of the molecule is Cc1cc(C(C)(C)Cc2ccc(Cc3ccccc3)cc2)cc(C)c1C. The second kappa shape index (κ2) is 7.50. The standard InChI is InChI=1S/C26H30/c1-19-15-25(16-20(2)21(19)3)26(4,5)18-24-13-11-23(12-14-24)17-22-9-7-6-8-10-22/h6-16H,17-18H2,1-5H3. The van der Waals surface area contributed by atoms with Crippen LogP contribution in [-0.4, -0.2) is 0 Å². The van der Waals surface area contributed by atoms with E-state index < -0.39 is 0 Å². The molecule has 134 valence electrons. The Morgan fingerprint density at radius 1 is 0.654 bits per heavy atom. The number of benzene rings is 3. The van der Waals surface area contributed by atoms with Crippen molar-refractivity contribution in [3.8, 4) is 0 Å². The third-order valence-corrected chi connectivity index (χ3v) is 5.63. The van der Waals surface area contributed by atoms with Gasteiger partial charge in [-0.2, -0.15) is 0 Å². The van der Waals surface area contributed by atoms with E-state index in [9.17, 15) is 0 Å². The lowest BCUT2D eigenvalue weighted by Gasteiger charge is -2.27. The molecule has 0 N–H and O–H groups in total. The summed E-state index contributed by atoms with van der Waals surface area (Å²) in [7, 11) is 0. The van der Waals surface area contributed by atoms with Gasteiger partial charge in [0, 0.05) is 0 Å². The van der Waals surface area contributed by atoms with Crippen molar-refractivity contribution >= 4 is 0 Å². The van der Waals surface area contributed by atoms with Crippen molar-refractivity contribution in [3.63, 3.8) is 0 Å². The van der Waals surface area contributed by atoms with Crippen molar-refractivity contribution < 1.29 is 0 Å². The molecular weight excluding hydrogens is 312 g/mol. The van der Waals surface area contributed by atoms with Crippen molar-refractivity contribution in [3.05, 3.63) is 106 Å². The Morgan fingerprint density at radius 2 is 1.15 bits per heavy atom. The summed E-state index contributed by atoms with van der Waals surface area (Å²) in [5.41, 5.74) is 9.91. The van der Waals surface area contributed by atoms with Crippen LogP contribution in [0.3, 0.4) is 0 Å². The van der Waals surface area contributed by atoms with Crippen LogP contribution in [0.4, 0.5) is 0 Å². The first-order chi connectivity index (χ1) is 12.3. The van der Waals surface area contributed by atoms with Crippen LogP contribution in [0.15, 0.2) is 66.7 Å². The molecule has 0 aromatic heterocycles. The molecule has 0 radical (unpaired) electrons. The largest absolute Gasteiger partial charge is 0.0622 e. The topological polar surface area (TPSA) is 0 Å². The second-order valence-electron chi connectivity index (χ2n) is 8.27. The lowest BCUT2D eigenvalue weighted by atomic mass is 9.77. The summed E-state index contributed by atoms with van der Waals surface area (Å²) in [6.45, 7) is 11.4. The van der Waals surface area contributed by atoms with Gasteiger partial charge in [0.05, 0.1) is 0 Å². The zero-order valence-corrected chi connectivity index (χ0v) is 16.8. The average Bonchev–Trinajstić information content (AvgIpc) is 2.61. The van der Waals surface area contributed by atoms with Crippen LogP contribution in [0.5, 0.6) is 0 Å². The first-order valence-electron chi connectivity index (χ1n) is 9.55. The Kier molecular flexibility index (Phi) is 5.32. The number of hydrogen-bond acceptors (Lipinski definition) is 0. The molecule has 0 heterocycles. The Bertz CT molecular complexity index is 845. The monoisotopic (exact) mass is 342 g/mol. The van der Waals surface area contributed by atoms with Gasteiger partial charge in [-0.3, -0.25) is 0 Å². The van der Waals surface area contributed by atoms with Gasteiger partial charge in [-0.05, 0) is 78.0 Å². The van der Waals surface area contributed by atoms with Crippen LogP contribution in [0, 0.1) is 20.8 Å². The van der Waals surface area contributed by atoms with E-state index >= 15 is 0 Å². The zero-order chi connectivity index (χ0) is 18.7. The maximum atomic E-state index is 2.37. The van der Waals surface area contributed by atoms with Crippen LogP contribution in [0.25, 0.3) is 0 Å². The van der Waals surface area contributed by atoms with Crippen molar-refractivity contribution in [1.82, 2.24) is 0 Å². The smallest absolute Gasteiger partial charge is 0.00258 e. The summed E-state index contributed by atoms with van der Waals surface area (Å²) in [5.74, 6) is 0. The van der Waals surface area contributed by atoms with E-state index in [0.717, 1.165) is 12.8 Å². The van der Waals surface area contributed by atoms with E-state index in [4.69, 9.17) is 0 Å². The van der Waals surface area contributed by atoms with E-state index in [-0.39, 0.29) is 5.41 Å². The minimum atomic E-state index is 0.129. The molecule has 0 nitrogen and oxygen atoms in total. The zero-order valence-electron chi connectivity index (χ0n) is 16.8. The van der Waals surface area contributed by atoms with Gasteiger partial charge in [-0.15, -0.1) is 0 Å². The maximum absolute atomic E-state index is 2.37. The number of aryl methyl sites for hydroxylation is 2. The van der Waals surface area contributed by atoms with Crippen LogP contribution >= 0.6 is 0 Å². The Morgan fingerprint density at radius 3 is 1.73 bits per heavy atom. The molecule has 0 saturated carbocycles. The fourth-order valence-corrected chi connectivity index (χ4v) is 3.65. The van der Waals surface area contributed by atoms with Crippen LogP contribution in [-0.2, 0) is 18.3 Å². The van der Waals surface area contributed by atoms with Gasteiger partial charge >= 0.3 is 0 Å². The summed E-state index contributed by atoms with van der Waals surface area (Å²) in [5, 5.41) is 0. The molecule has 0 aliphatic carbocycles. The summed E-state index contributed by atoms with van der Waals surface area (Å²) >= 11 is 0. The molecule has 0 aliphatic rings.